The van der Waals surface area contributed by atoms with E-state index in [1.807, 2.05) is 47.1 Å². The lowest BCUT2D eigenvalue weighted by molar-refractivity contribution is -0.141. The number of aliphatic carboxylic acids is 1. The van der Waals surface area contributed by atoms with Crippen LogP contribution in [-0.4, -0.2) is 43.4 Å². The van der Waals surface area contributed by atoms with E-state index in [-0.39, 0.29) is 11.9 Å². The van der Waals surface area contributed by atoms with E-state index in [2.05, 4.69) is 4.98 Å². The quantitative estimate of drug-likeness (QED) is 0.618. The van der Waals surface area contributed by atoms with Gasteiger partial charge in [-0.15, -0.1) is 11.8 Å². The van der Waals surface area contributed by atoms with Crippen molar-refractivity contribution in [2.75, 3.05) is 0 Å². The topological polar surface area (TPSA) is 74.9 Å². The predicted octanol–water partition coefficient (Wildman–Crippen LogP) is 3.70. The number of fused-ring (bicyclic) bond motifs is 1. The summed E-state index contributed by atoms with van der Waals surface area (Å²) in [7, 11) is 0. The average molecular weight is 395 g/mol. The number of imidazole rings is 1. The highest BCUT2D eigenvalue weighted by Gasteiger charge is 2.38. The Kier molecular flexibility index (Phi) is 5.09. The van der Waals surface area contributed by atoms with Crippen LogP contribution in [0.3, 0.4) is 0 Å². The van der Waals surface area contributed by atoms with Crippen LogP contribution < -0.4 is 0 Å². The number of carbonyl (C=O) groups is 2. The maximum absolute atomic E-state index is 12.8. The molecule has 28 heavy (non-hydrogen) atoms. The molecule has 7 heteroatoms. The van der Waals surface area contributed by atoms with Crippen molar-refractivity contribution < 1.29 is 14.7 Å². The van der Waals surface area contributed by atoms with E-state index < -0.39 is 12.0 Å². The van der Waals surface area contributed by atoms with Gasteiger partial charge in [0.25, 0.3) is 5.91 Å². The van der Waals surface area contributed by atoms with Crippen LogP contribution in [0, 0.1) is 0 Å². The number of thioether (sulfide) groups is 1. The highest BCUT2D eigenvalue weighted by Crippen LogP contribution is 2.31. The molecule has 1 unspecified atom stereocenters. The lowest BCUT2D eigenvalue weighted by Crippen LogP contribution is -2.44. The van der Waals surface area contributed by atoms with E-state index in [9.17, 15) is 14.7 Å². The minimum absolute atomic E-state index is 0.0442. The Morgan fingerprint density at radius 3 is 2.64 bits per heavy atom. The molecule has 1 aliphatic carbocycles. The summed E-state index contributed by atoms with van der Waals surface area (Å²) in [6.07, 6.45) is 5.73. The molecular weight excluding hydrogens is 374 g/mol. The fourth-order valence-corrected chi connectivity index (χ4v) is 3.97. The third-order valence-electron chi connectivity index (χ3n) is 4.85. The van der Waals surface area contributed by atoms with Crippen LogP contribution in [0.5, 0.6) is 0 Å². The number of aromatic nitrogens is 2. The van der Waals surface area contributed by atoms with E-state index in [1.54, 1.807) is 30.8 Å². The zero-order valence-corrected chi connectivity index (χ0v) is 16.3. The lowest BCUT2D eigenvalue weighted by atomic mass is 10.1. The van der Waals surface area contributed by atoms with Gasteiger partial charge >= 0.3 is 5.97 Å². The summed E-state index contributed by atoms with van der Waals surface area (Å²) in [4.78, 5) is 31.3. The van der Waals surface area contributed by atoms with Crippen molar-refractivity contribution in [3.63, 3.8) is 0 Å². The number of carboxylic acid groups (broad SMARTS) is 1. The van der Waals surface area contributed by atoms with Crippen LogP contribution in [0.1, 0.15) is 35.8 Å². The maximum Gasteiger partial charge on any atom is 0.326 e. The molecule has 1 fully saturated rings. The van der Waals surface area contributed by atoms with Crippen molar-refractivity contribution in [3.05, 3.63) is 66.1 Å². The average Bonchev–Trinajstić information content (AvgIpc) is 3.44. The minimum Gasteiger partial charge on any atom is -0.480 e. The SMILES string of the molecule is CC(C(=O)O)N(C(=O)c1ccc(SCc2cn3ccccc3n2)cc1)C1CC1. The third-order valence-corrected chi connectivity index (χ3v) is 5.90. The molecule has 1 amide bonds. The number of benzene rings is 1. The van der Waals surface area contributed by atoms with E-state index >= 15 is 0 Å². The standard InChI is InChI=1S/C21H21N3O3S/c1-14(21(26)27)24(17-7-8-17)20(25)15-5-9-18(10-6-15)28-13-16-12-23-11-3-2-4-19(23)22-16/h2-6,9-12,14,17H,7-8,13H2,1H3,(H,26,27). The molecule has 4 rings (SSSR count). The second-order valence-electron chi connectivity index (χ2n) is 6.97. The molecule has 3 aromatic rings. The first-order valence-electron chi connectivity index (χ1n) is 9.24. The predicted molar refractivity (Wildman–Crippen MR) is 107 cm³/mol. The number of nitrogens with zero attached hydrogens (tertiary/aromatic N) is 3. The number of carbonyl (C=O) groups excluding carboxylic acids is 1. The maximum atomic E-state index is 12.8. The van der Waals surface area contributed by atoms with Gasteiger partial charge < -0.3 is 14.4 Å². The number of pyridine rings is 1. The Labute approximate surface area is 167 Å². The fourth-order valence-electron chi connectivity index (χ4n) is 3.19. The molecule has 1 aromatic carbocycles. The van der Waals surface area contributed by atoms with E-state index in [1.165, 1.54) is 4.90 Å². The Morgan fingerprint density at radius 2 is 2.00 bits per heavy atom. The first-order chi connectivity index (χ1) is 13.5. The van der Waals surface area contributed by atoms with Gasteiger partial charge in [-0.2, -0.15) is 0 Å². The normalized spacial score (nSPS) is 14.8. The van der Waals surface area contributed by atoms with Crippen LogP contribution in [0.2, 0.25) is 0 Å². The van der Waals surface area contributed by atoms with Gasteiger partial charge in [0.05, 0.1) is 5.69 Å². The summed E-state index contributed by atoms with van der Waals surface area (Å²) in [5.41, 5.74) is 2.44. The summed E-state index contributed by atoms with van der Waals surface area (Å²) < 4.78 is 1.99. The fraction of sp³-hybridized carbons (Fsp3) is 0.286. The van der Waals surface area contributed by atoms with Crippen molar-refractivity contribution in [2.45, 2.75) is 42.5 Å². The molecule has 2 heterocycles. The van der Waals surface area contributed by atoms with Crippen molar-refractivity contribution in [2.24, 2.45) is 0 Å². The van der Waals surface area contributed by atoms with Gasteiger partial charge in [0.1, 0.15) is 11.7 Å². The molecule has 1 N–H and O–H groups in total. The smallest absolute Gasteiger partial charge is 0.326 e. The minimum atomic E-state index is -0.972. The number of hydrogen-bond acceptors (Lipinski definition) is 4. The monoisotopic (exact) mass is 395 g/mol. The van der Waals surface area contributed by atoms with Gasteiger partial charge in [0.2, 0.25) is 0 Å². The summed E-state index contributed by atoms with van der Waals surface area (Å²) in [6.45, 7) is 1.57. The Morgan fingerprint density at radius 1 is 1.25 bits per heavy atom. The summed E-state index contributed by atoms with van der Waals surface area (Å²) in [5, 5.41) is 9.29. The largest absolute Gasteiger partial charge is 0.480 e. The van der Waals surface area contributed by atoms with Crippen molar-refractivity contribution in [1.29, 1.82) is 0 Å². The molecule has 1 aliphatic rings. The van der Waals surface area contributed by atoms with Crippen molar-refractivity contribution in [3.8, 4) is 0 Å². The molecule has 0 saturated heterocycles. The number of carboxylic acids is 1. The molecule has 6 nitrogen and oxygen atoms in total. The third kappa shape index (κ3) is 3.89. The number of hydrogen-bond donors (Lipinski definition) is 1. The molecule has 2 aromatic heterocycles. The summed E-state index contributed by atoms with van der Waals surface area (Å²) in [6, 6.07) is 12.5. The molecule has 0 spiro atoms. The van der Waals surface area contributed by atoms with Gasteiger partial charge in [-0.3, -0.25) is 4.79 Å². The zero-order valence-electron chi connectivity index (χ0n) is 15.5. The summed E-state index contributed by atoms with van der Waals surface area (Å²) in [5.74, 6) is -0.451. The molecule has 0 bridgehead atoms. The highest BCUT2D eigenvalue weighted by molar-refractivity contribution is 7.98. The van der Waals surface area contributed by atoms with E-state index in [0.29, 0.717) is 5.56 Å². The number of amides is 1. The molecule has 0 radical (unpaired) electrons. The second-order valence-corrected chi connectivity index (χ2v) is 8.02. The summed E-state index contributed by atoms with van der Waals surface area (Å²) >= 11 is 1.65. The number of rotatable bonds is 7. The first kappa shape index (κ1) is 18.6. The van der Waals surface area contributed by atoms with Crippen molar-refractivity contribution >= 4 is 29.3 Å². The van der Waals surface area contributed by atoms with Gasteiger partial charge in [-0.25, -0.2) is 9.78 Å². The first-order valence-corrected chi connectivity index (χ1v) is 10.2. The van der Waals surface area contributed by atoms with Crippen LogP contribution in [0.25, 0.3) is 5.65 Å². The Bertz CT molecular complexity index is 978. The van der Waals surface area contributed by atoms with E-state index in [4.69, 9.17) is 0 Å². The highest BCUT2D eigenvalue weighted by atomic mass is 32.2. The molecule has 1 atom stereocenters. The van der Waals surface area contributed by atoms with Crippen LogP contribution in [0.15, 0.2) is 59.8 Å². The molecule has 144 valence electrons. The van der Waals surface area contributed by atoms with Gasteiger partial charge in [0.15, 0.2) is 0 Å². The van der Waals surface area contributed by atoms with Crippen LogP contribution in [0.4, 0.5) is 0 Å². The van der Waals surface area contributed by atoms with Crippen molar-refractivity contribution in [1.82, 2.24) is 14.3 Å². The lowest BCUT2D eigenvalue weighted by Gasteiger charge is -2.26. The van der Waals surface area contributed by atoms with Crippen LogP contribution >= 0.6 is 11.8 Å². The van der Waals surface area contributed by atoms with E-state index in [0.717, 1.165) is 34.8 Å². The molecule has 1 saturated carbocycles. The molecular formula is C21H21N3O3S. The Hall–Kier alpha value is -2.80. The van der Waals surface area contributed by atoms with Gasteiger partial charge in [0, 0.05) is 34.6 Å². The molecule has 0 aliphatic heterocycles. The Balaban J connectivity index is 1.42. The van der Waals surface area contributed by atoms with Gasteiger partial charge in [-0.1, -0.05) is 6.07 Å². The van der Waals surface area contributed by atoms with Gasteiger partial charge in [-0.05, 0) is 56.2 Å². The zero-order chi connectivity index (χ0) is 19.7. The van der Waals surface area contributed by atoms with Crippen LogP contribution in [-0.2, 0) is 10.5 Å². The second kappa shape index (κ2) is 7.67.